The maximum absolute atomic E-state index is 12.7. The first-order chi connectivity index (χ1) is 15.9. The van der Waals surface area contributed by atoms with Crippen molar-refractivity contribution in [3.05, 3.63) is 59.6 Å². The Morgan fingerprint density at radius 1 is 1.24 bits per heavy atom. The summed E-state index contributed by atoms with van der Waals surface area (Å²) in [5.74, 6) is 2.73. The first-order valence-corrected chi connectivity index (χ1v) is 11.3. The number of benzene rings is 1. The molecule has 1 aliphatic rings. The highest BCUT2D eigenvalue weighted by atomic mass is 16.5. The Morgan fingerprint density at radius 2 is 2.09 bits per heavy atom. The summed E-state index contributed by atoms with van der Waals surface area (Å²) < 4.78 is 12.6. The Kier molecular flexibility index (Phi) is 6.98. The van der Waals surface area contributed by atoms with Crippen LogP contribution < -0.4 is 10.1 Å². The van der Waals surface area contributed by atoms with Crippen molar-refractivity contribution in [2.75, 3.05) is 20.2 Å². The maximum Gasteiger partial charge on any atom is 0.287 e. The highest BCUT2D eigenvalue weighted by Gasteiger charge is 2.27. The molecule has 4 rings (SSSR count). The number of methoxy groups -OCH3 is 1. The van der Waals surface area contributed by atoms with Crippen molar-refractivity contribution in [1.82, 2.24) is 25.0 Å². The molecule has 2 N–H and O–H groups in total. The number of nitrogens with one attached hydrogen (secondary N) is 1. The predicted molar refractivity (Wildman–Crippen MR) is 122 cm³/mol. The average Bonchev–Trinajstić information content (AvgIpc) is 3.42. The molecule has 3 heterocycles. The van der Waals surface area contributed by atoms with E-state index in [2.05, 4.69) is 38.8 Å². The number of rotatable bonds is 8. The summed E-state index contributed by atoms with van der Waals surface area (Å²) in [5.41, 5.74) is 1.07. The fourth-order valence-electron chi connectivity index (χ4n) is 4.22. The lowest BCUT2D eigenvalue weighted by atomic mass is 10.0. The highest BCUT2D eigenvalue weighted by Crippen LogP contribution is 2.27. The summed E-state index contributed by atoms with van der Waals surface area (Å²) in [6, 6.07) is 8.55. The van der Waals surface area contributed by atoms with Crippen molar-refractivity contribution in [2.24, 2.45) is 5.92 Å². The fourth-order valence-corrected chi connectivity index (χ4v) is 4.22. The van der Waals surface area contributed by atoms with Gasteiger partial charge in [-0.05, 0) is 42.2 Å². The highest BCUT2D eigenvalue weighted by molar-refractivity contribution is 5.91. The molecule has 0 fully saturated rings. The lowest BCUT2D eigenvalue weighted by Gasteiger charge is -2.22. The van der Waals surface area contributed by atoms with E-state index in [1.165, 1.54) is 6.26 Å². The molecule has 3 aromatic rings. The van der Waals surface area contributed by atoms with Gasteiger partial charge in [0.05, 0.1) is 19.4 Å². The van der Waals surface area contributed by atoms with E-state index in [9.17, 15) is 9.90 Å². The molecule has 176 valence electrons. The van der Waals surface area contributed by atoms with E-state index < -0.39 is 0 Å². The van der Waals surface area contributed by atoms with Gasteiger partial charge in [0.2, 0.25) is 0 Å². The van der Waals surface area contributed by atoms with Crippen molar-refractivity contribution >= 4 is 5.91 Å². The summed E-state index contributed by atoms with van der Waals surface area (Å²) in [5, 5.41) is 21.9. The molecule has 0 spiro atoms. The molecule has 9 heteroatoms. The van der Waals surface area contributed by atoms with Crippen LogP contribution in [-0.4, -0.2) is 50.9 Å². The molecule has 0 bridgehead atoms. The van der Waals surface area contributed by atoms with Gasteiger partial charge >= 0.3 is 0 Å². The number of amides is 1. The van der Waals surface area contributed by atoms with Crippen LogP contribution in [0.5, 0.6) is 11.5 Å². The first-order valence-electron chi connectivity index (χ1n) is 11.3. The van der Waals surface area contributed by atoms with Gasteiger partial charge in [-0.2, -0.15) is 0 Å². The van der Waals surface area contributed by atoms with E-state index >= 15 is 0 Å². The number of ether oxygens (including phenoxy) is 1. The smallest absolute Gasteiger partial charge is 0.287 e. The van der Waals surface area contributed by atoms with Gasteiger partial charge in [0.25, 0.3) is 5.91 Å². The number of aromatic nitrogens is 3. The van der Waals surface area contributed by atoms with Crippen molar-refractivity contribution in [3.63, 3.8) is 0 Å². The minimum absolute atomic E-state index is 0.140. The minimum Gasteiger partial charge on any atom is -0.504 e. The lowest BCUT2D eigenvalue weighted by molar-refractivity contribution is 0.0900. The van der Waals surface area contributed by atoms with E-state index in [0.717, 1.165) is 56.2 Å². The molecule has 0 unspecified atom stereocenters. The monoisotopic (exact) mass is 453 g/mol. The standard InChI is InChI=1S/C24H31N5O4/c1-16(2)13-18(25-24(31)20-5-4-12-33-20)23-27-26-22-8-9-28(10-11-29(22)23)15-17-6-7-19(30)21(14-17)32-3/h4-7,12,14,16,18,30H,8-11,13,15H2,1-3H3,(H,25,31)/t18-/m0/s1. The van der Waals surface area contributed by atoms with Gasteiger partial charge in [-0.1, -0.05) is 19.9 Å². The zero-order chi connectivity index (χ0) is 23.4. The molecule has 1 atom stereocenters. The largest absolute Gasteiger partial charge is 0.504 e. The zero-order valence-electron chi connectivity index (χ0n) is 19.3. The molecular formula is C24H31N5O4. The molecule has 1 aliphatic heterocycles. The van der Waals surface area contributed by atoms with Gasteiger partial charge < -0.3 is 24.1 Å². The van der Waals surface area contributed by atoms with Crippen LogP contribution in [0.15, 0.2) is 41.0 Å². The van der Waals surface area contributed by atoms with E-state index in [4.69, 9.17) is 9.15 Å². The second-order valence-corrected chi connectivity index (χ2v) is 8.79. The summed E-state index contributed by atoms with van der Waals surface area (Å²) in [6.07, 6.45) is 3.01. The topological polar surface area (TPSA) is 106 Å². The number of hydrogen-bond donors (Lipinski definition) is 2. The number of fused-ring (bicyclic) bond motifs is 1. The summed E-state index contributed by atoms with van der Waals surface area (Å²) in [4.78, 5) is 15.0. The minimum atomic E-state index is -0.253. The van der Waals surface area contributed by atoms with Crippen molar-refractivity contribution in [1.29, 1.82) is 0 Å². The number of aromatic hydroxyl groups is 1. The Labute approximate surface area is 193 Å². The molecule has 9 nitrogen and oxygen atoms in total. The number of phenolic OH excluding ortho intramolecular Hbond substituents is 1. The van der Waals surface area contributed by atoms with Gasteiger partial charge in [-0.15, -0.1) is 10.2 Å². The predicted octanol–water partition coefficient (Wildman–Crippen LogP) is 3.16. The summed E-state index contributed by atoms with van der Waals surface area (Å²) in [6.45, 7) is 7.39. The van der Waals surface area contributed by atoms with E-state index in [1.54, 1.807) is 25.3 Å². The SMILES string of the molecule is COc1cc(CN2CCc3nnc([C@H](CC(C)C)NC(=O)c4ccco4)n3CC2)ccc1O. The van der Waals surface area contributed by atoms with Crippen LogP contribution in [0.1, 0.15) is 54.1 Å². The summed E-state index contributed by atoms with van der Waals surface area (Å²) >= 11 is 0. The first kappa shape index (κ1) is 22.8. The van der Waals surface area contributed by atoms with E-state index in [0.29, 0.717) is 11.7 Å². The van der Waals surface area contributed by atoms with Crippen LogP contribution in [0.2, 0.25) is 0 Å². The molecule has 1 amide bonds. The fraction of sp³-hybridized carbons (Fsp3) is 0.458. The molecule has 33 heavy (non-hydrogen) atoms. The number of nitrogens with zero attached hydrogens (tertiary/aromatic N) is 4. The summed E-state index contributed by atoms with van der Waals surface area (Å²) in [7, 11) is 1.55. The molecule has 0 aliphatic carbocycles. The van der Waals surface area contributed by atoms with Crippen LogP contribution >= 0.6 is 0 Å². The number of phenols is 1. The van der Waals surface area contributed by atoms with Crippen molar-refractivity contribution in [2.45, 2.75) is 45.8 Å². The molecule has 0 radical (unpaired) electrons. The van der Waals surface area contributed by atoms with Crippen LogP contribution in [0.25, 0.3) is 0 Å². The molecular weight excluding hydrogens is 422 g/mol. The molecule has 1 aromatic carbocycles. The van der Waals surface area contributed by atoms with Gasteiger partial charge in [0.1, 0.15) is 5.82 Å². The van der Waals surface area contributed by atoms with Gasteiger partial charge in [0.15, 0.2) is 23.1 Å². The van der Waals surface area contributed by atoms with Crippen LogP contribution in [0.3, 0.4) is 0 Å². The Morgan fingerprint density at radius 3 is 2.82 bits per heavy atom. The normalized spacial score (nSPS) is 15.2. The lowest BCUT2D eigenvalue weighted by Crippen LogP contribution is -2.32. The van der Waals surface area contributed by atoms with Crippen LogP contribution in [-0.2, 0) is 19.5 Å². The second kappa shape index (κ2) is 10.1. The van der Waals surface area contributed by atoms with E-state index in [-0.39, 0.29) is 23.5 Å². The zero-order valence-corrected chi connectivity index (χ0v) is 19.3. The van der Waals surface area contributed by atoms with Gasteiger partial charge in [0, 0.05) is 32.6 Å². The molecule has 0 saturated heterocycles. The van der Waals surface area contributed by atoms with Crippen molar-refractivity contribution < 1.29 is 19.1 Å². The maximum atomic E-state index is 12.7. The Hall–Kier alpha value is -3.33. The average molecular weight is 454 g/mol. The quantitative estimate of drug-likeness (QED) is 0.540. The number of carbonyl (C=O) groups is 1. The number of carbonyl (C=O) groups excluding carboxylic acids is 1. The van der Waals surface area contributed by atoms with E-state index in [1.807, 2.05) is 12.1 Å². The third-order valence-electron chi connectivity index (χ3n) is 5.87. The number of furan rings is 1. The second-order valence-electron chi connectivity index (χ2n) is 8.79. The third kappa shape index (κ3) is 5.36. The Balaban J connectivity index is 1.48. The molecule has 2 aromatic heterocycles. The third-order valence-corrected chi connectivity index (χ3v) is 5.87. The Bertz CT molecular complexity index is 1080. The van der Waals surface area contributed by atoms with Crippen molar-refractivity contribution in [3.8, 4) is 11.5 Å². The van der Waals surface area contributed by atoms with Crippen LogP contribution in [0, 0.1) is 5.92 Å². The molecule has 0 saturated carbocycles. The number of hydrogen-bond acceptors (Lipinski definition) is 7. The van der Waals surface area contributed by atoms with Gasteiger partial charge in [-0.25, -0.2) is 0 Å². The van der Waals surface area contributed by atoms with Gasteiger partial charge in [-0.3, -0.25) is 9.69 Å². The van der Waals surface area contributed by atoms with Crippen LogP contribution in [0.4, 0.5) is 0 Å².